The van der Waals surface area contributed by atoms with Crippen molar-refractivity contribution in [2.24, 2.45) is 11.8 Å². The van der Waals surface area contributed by atoms with Gasteiger partial charge in [0.25, 0.3) is 0 Å². The van der Waals surface area contributed by atoms with Gasteiger partial charge in [-0.2, -0.15) is 0 Å². The molecule has 2 rings (SSSR count). The third-order valence-corrected chi connectivity index (χ3v) is 3.22. The fraction of sp³-hybridized carbons (Fsp3) is 0.900. The molecule has 0 heterocycles. The minimum atomic E-state index is 1.03. The third-order valence-electron chi connectivity index (χ3n) is 3.22. The molecule has 0 amide bonds. The highest BCUT2D eigenvalue weighted by molar-refractivity contribution is 4.89. The van der Waals surface area contributed by atoms with Crippen LogP contribution in [-0.4, -0.2) is 0 Å². The molecule has 0 bridgehead atoms. The lowest BCUT2D eigenvalue weighted by atomic mass is 9.71. The number of rotatable bonds is 0. The van der Waals surface area contributed by atoms with Crippen molar-refractivity contribution in [3.05, 3.63) is 6.42 Å². The van der Waals surface area contributed by atoms with Gasteiger partial charge < -0.3 is 0 Å². The first-order valence-electron chi connectivity index (χ1n) is 4.80. The molecule has 0 spiro atoms. The monoisotopic (exact) mass is 137 g/mol. The summed E-state index contributed by atoms with van der Waals surface area (Å²) in [6.07, 6.45) is 13.0. The van der Waals surface area contributed by atoms with Crippen LogP contribution in [0.15, 0.2) is 0 Å². The molecular formula is C10H17. The van der Waals surface area contributed by atoms with Crippen LogP contribution in [0.5, 0.6) is 0 Å². The lowest BCUT2D eigenvalue weighted by Gasteiger charge is -2.35. The van der Waals surface area contributed by atoms with Crippen LogP contribution in [0.4, 0.5) is 0 Å². The molecule has 2 unspecified atom stereocenters. The minimum absolute atomic E-state index is 1.03. The predicted molar refractivity (Wildman–Crippen MR) is 43.6 cm³/mol. The highest BCUT2D eigenvalue weighted by Gasteiger charge is 2.27. The predicted octanol–water partition coefficient (Wildman–Crippen LogP) is 3.18. The molecule has 0 aliphatic heterocycles. The highest BCUT2D eigenvalue weighted by atomic mass is 14.3. The molecule has 0 N–H and O–H groups in total. The van der Waals surface area contributed by atoms with Crippen molar-refractivity contribution in [1.82, 2.24) is 0 Å². The molecule has 2 atom stereocenters. The van der Waals surface area contributed by atoms with Gasteiger partial charge in [-0.25, -0.2) is 0 Å². The minimum Gasteiger partial charge on any atom is -0.0530 e. The maximum Gasteiger partial charge on any atom is -0.0352 e. The van der Waals surface area contributed by atoms with Crippen molar-refractivity contribution in [2.75, 3.05) is 0 Å². The Kier molecular flexibility index (Phi) is 1.97. The second-order valence-electron chi connectivity index (χ2n) is 3.87. The van der Waals surface area contributed by atoms with E-state index in [2.05, 4.69) is 6.42 Å². The van der Waals surface area contributed by atoms with Gasteiger partial charge >= 0.3 is 0 Å². The summed E-state index contributed by atoms with van der Waals surface area (Å²) in [7, 11) is 0. The maximum absolute atomic E-state index is 2.59. The third kappa shape index (κ3) is 1.21. The Bertz CT molecular complexity index is 80.6. The molecule has 0 aromatic carbocycles. The molecule has 0 nitrogen and oxygen atoms in total. The normalized spacial score (nSPS) is 40.8. The van der Waals surface area contributed by atoms with E-state index in [1.165, 1.54) is 44.9 Å². The van der Waals surface area contributed by atoms with Crippen LogP contribution >= 0.6 is 0 Å². The SMILES string of the molecule is [CH]1CCCC2CCCCC12. The van der Waals surface area contributed by atoms with Gasteiger partial charge in [-0.3, -0.25) is 0 Å². The number of hydrogen-bond acceptors (Lipinski definition) is 0. The molecule has 0 saturated heterocycles. The Morgan fingerprint density at radius 2 is 1.70 bits per heavy atom. The van der Waals surface area contributed by atoms with Crippen LogP contribution < -0.4 is 0 Å². The van der Waals surface area contributed by atoms with E-state index >= 15 is 0 Å². The number of hydrogen-bond donors (Lipinski definition) is 0. The summed E-state index contributed by atoms with van der Waals surface area (Å²) >= 11 is 0. The van der Waals surface area contributed by atoms with Crippen LogP contribution in [-0.2, 0) is 0 Å². The van der Waals surface area contributed by atoms with Crippen molar-refractivity contribution in [3.63, 3.8) is 0 Å². The van der Waals surface area contributed by atoms with Gasteiger partial charge in [-0.1, -0.05) is 32.1 Å². The van der Waals surface area contributed by atoms with Gasteiger partial charge in [0.2, 0.25) is 0 Å². The van der Waals surface area contributed by atoms with E-state index in [0.717, 1.165) is 11.8 Å². The second-order valence-corrected chi connectivity index (χ2v) is 3.87. The van der Waals surface area contributed by atoms with Gasteiger partial charge in [0.1, 0.15) is 0 Å². The lowest BCUT2D eigenvalue weighted by molar-refractivity contribution is 0.218. The first-order chi connectivity index (χ1) is 4.97. The molecule has 2 saturated carbocycles. The summed E-state index contributed by atoms with van der Waals surface area (Å²) in [5.74, 6) is 2.13. The van der Waals surface area contributed by atoms with Gasteiger partial charge in [0.05, 0.1) is 0 Å². The smallest absolute Gasteiger partial charge is 0.0352 e. The average Bonchev–Trinajstić information content (AvgIpc) is 2.05. The van der Waals surface area contributed by atoms with Crippen LogP contribution in [0.3, 0.4) is 0 Å². The molecule has 10 heavy (non-hydrogen) atoms. The van der Waals surface area contributed by atoms with E-state index in [9.17, 15) is 0 Å². The summed E-state index contributed by atoms with van der Waals surface area (Å²) in [6.45, 7) is 0. The summed E-state index contributed by atoms with van der Waals surface area (Å²) in [5, 5.41) is 0. The fourth-order valence-corrected chi connectivity index (χ4v) is 2.62. The fourth-order valence-electron chi connectivity index (χ4n) is 2.62. The van der Waals surface area contributed by atoms with Gasteiger partial charge in [0.15, 0.2) is 0 Å². The summed E-state index contributed by atoms with van der Waals surface area (Å²) in [4.78, 5) is 0. The zero-order valence-corrected chi connectivity index (χ0v) is 6.68. The Morgan fingerprint density at radius 3 is 2.60 bits per heavy atom. The molecule has 0 heteroatoms. The largest absolute Gasteiger partial charge is 0.0530 e. The molecule has 2 fully saturated rings. The van der Waals surface area contributed by atoms with Crippen molar-refractivity contribution in [3.8, 4) is 0 Å². The maximum atomic E-state index is 2.59. The van der Waals surface area contributed by atoms with Crippen LogP contribution in [0.2, 0.25) is 0 Å². The van der Waals surface area contributed by atoms with Crippen molar-refractivity contribution >= 4 is 0 Å². The van der Waals surface area contributed by atoms with Crippen molar-refractivity contribution < 1.29 is 0 Å². The highest BCUT2D eigenvalue weighted by Crippen LogP contribution is 2.39. The van der Waals surface area contributed by atoms with Crippen LogP contribution in [0.1, 0.15) is 44.9 Å². The Balaban J connectivity index is 1.93. The van der Waals surface area contributed by atoms with Crippen molar-refractivity contribution in [1.29, 1.82) is 0 Å². The second kappa shape index (κ2) is 2.94. The first-order valence-corrected chi connectivity index (χ1v) is 4.80. The molecule has 2 aliphatic rings. The van der Waals surface area contributed by atoms with Gasteiger partial charge in [0, 0.05) is 0 Å². The van der Waals surface area contributed by atoms with E-state index in [1.54, 1.807) is 0 Å². The van der Waals surface area contributed by atoms with E-state index in [-0.39, 0.29) is 0 Å². The Labute approximate surface area is 64.0 Å². The molecular weight excluding hydrogens is 120 g/mol. The Hall–Kier alpha value is 0. The molecule has 57 valence electrons. The van der Waals surface area contributed by atoms with E-state index < -0.39 is 0 Å². The summed E-state index contributed by atoms with van der Waals surface area (Å²) in [5.41, 5.74) is 0. The van der Waals surface area contributed by atoms with E-state index in [1.807, 2.05) is 0 Å². The Morgan fingerprint density at radius 1 is 0.900 bits per heavy atom. The molecule has 0 aromatic heterocycles. The molecule has 0 aromatic rings. The zero-order chi connectivity index (χ0) is 6.81. The zero-order valence-electron chi connectivity index (χ0n) is 6.68. The summed E-state index contributed by atoms with van der Waals surface area (Å²) < 4.78 is 0. The molecule has 2 aliphatic carbocycles. The van der Waals surface area contributed by atoms with E-state index in [0.29, 0.717) is 0 Å². The van der Waals surface area contributed by atoms with Gasteiger partial charge in [-0.05, 0) is 31.1 Å². The standard InChI is InChI=1S/C10H17/c1-2-6-10-8-4-3-7-9(10)5-1/h5,9-10H,1-4,6-8H2. The molecule has 1 radical (unpaired) electrons. The van der Waals surface area contributed by atoms with E-state index in [4.69, 9.17) is 0 Å². The first kappa shape index (κ1) is 6.69. The number of fused-ring (bicyclic) bond motifs is 1. The summed E-state index contributed by atoms with van der Waals surface area (Å²) in [6, 6.07) is 0. The van der Waals surface area contributed by atoms with Crippen LogP contribution in [0, 0.1) is 18.3 Å². The van der Waals surface area contributed by atoms with Crippen LogP contribution in [0.25, 0.3) is 0 Å². The van der Waals surface area contributed by atoms with Crippen molar-refractivity contribution in [2.45, 2.75) is 44.9 Å². The topological polar surface area (TPSA) is 0 Å². The quantitative estimate of drug-likeness (QED) is 0.481. The average molecular weight is 137 g/mol. The van der Waals surface area contributed by atoms with Gasteiger partial charge in [-0.15, -0.1) is 0 Å². The lowest BCUT2D eigenvalue weighted by Crippen LogP contribution is -2.23.